The molecule has 0 aromatic carbocycles. The molecule has 0 aromatic rings. The quantitative estimate of drug-likeness (QED) is 0.353. The molecule has 0 N–H and O–H groups in total. The molecule has 0 bridgehead atoms. The summed E-state index contributed by atoms with van der Waals surface area (Å²) in [4.78, 5) is 27.6. The zero-order valence-corrected chi connectivity index (χ0v) is 18.2. The van der Waals surface area contributed by atoms with Crippen LogP contribution < -0.4 is 0 Å². The smallest absolute Gasteiger partial charge is 0.226 e. The molecule has 29 heavy (non-hydrogen) atoms. The summed E-state index contributed by atoms with van der Waals surface area (Å²) in [5.74, 6) is -0.802. The lowest BCUT2D eigenvalue weighted by molar-refractivity contribution is -0.142. The number of carbonyl (C=O) groups is 2. The van der Waals surface area contributed by atoms with E-state index in [1.165, 1.54) is 9.80 Å². The van der Waals surface area contributed by atoms with Gasteiger partial charge in [0.25, 0.3) is 0 Å². The van der Waals surface area contributed by atoms with Crippen LogP contribution in [0.5, 0.6) is 0 Å². The van der Waals surface area contributed by atoms with Crippen molar-refractivity contribution in [3.8, 4) is 0 Å². The van der Waals surface area contributed by atoms with Crippen LogP contribution in [0.1, 0.15) is 12.8 Å². The number of hydrogen-bond donors (Lipinski definition) is 0. The molecule has 2 amide bonds. The molecule has 1 heterocycles. The summed E-state index contributed by atoms with van der Waals surface area (Å²) in [6, 6.07) is 0. The van der Waals surface area contributed by atoms with Gasteiger partial charge in [0.2, 0.25) is 34.0 Å². The molecular formula is C16H24N2O8S3. The van der Waals surface area contributed by atoms with Gasteiger partial charge in [0, 0.05) is 24.9 Å². The van der Waals surface area contributed by atoms with E-state index in [1.54, 1.807) is 0 Å². The Hall–Kier alpha value is -1.83. The van der Waals surface area contributed by atoms with Crippen LogP contribution >= 0.6 is 0 Å². The van der Waals surface area contributed by atoms with Crippen molar-refractivity contribution in [2.24, 2.45) is 0 Å². The van der Waals surface area contributed by atoms with E-state index in [0.29, 0.717) is 0 Å². The van der Waals surface area contributed by atoms with Gasteiger partial charge in [0.1, 0.15) is 5.25 Å². The average Bonchev–Trinajstić information content (AvgIpc) is 2.71. The van der Waals surface area contributed by atoms with E-state index >= 15 is 0 Å². The van der Waals surface area contributed by atoms with Crippen molar-refractivity contribution >= 4 is 45.1 Å². The lowest BCUT2D eigenvalue weighted by atomic mass is 10.2. The molecular weight excluding hydrogens is 444 g/mol. The Labute approximate surface area is 177 Å². The average molecular weight is 469 g/mol. The van der Waals surface area contributed by atoms with Gasteiger partial charge in [-0.1, -0.05) is 19.7 Å². The van der Waals surface area contributed by atoms with E-state index in [9.17, 15) is 22.2 Å². The zero-order valence-electron chi connectivity index (χ0n) is 15.8. The highest BCUT2D eigenvalue weighted by Crippen LogP contribution is 2.15. The molecule has 0 radical (unpaired) electrons. The van der Waals surface area contributed by atoms with Gasteiger partial charge < -0.3 is 18.2 Å². The first-order valence-electron chi connectivity index (χ1n) is 8.39. The molecule has 1 aliphatic rings. The fraction of sp³-hybridized carbons (Fsp3) is 0.500. The first-order chi connectivity index (χ1) is 13.8. The molecule has 4 unspecified atom stereocenters. The maximum absolute atomic E-state index is 12.5. The molecule has 0 aliphatic carbocycles. The molecule has 4 atom stereocenters. The third-order valence-corrected chi connectivity index (χ3v) is 6.37. The van der Waals surface area contributed by atoms with E-state index in [2.05, 4.69) is 23.9 Å². The largest absolute Gasteiger partial charge is 0.409 e. The molecule has 0 aromatic heterocycles. The number of carbonyl (C=O) groups excluding carboxylic acids is 2. The van der Waals surface area contributed by atoms with Crippen LogP contribution in [-0.2, 0) is 55.4 Å². The highest BCUT2D eigenvalue weighted by Gasteiger charge is 2.34. The monoisotopic (exact) mass is 468 g/mol. The van der Waals surface area contributed by atoms with Crippen LogP contribution in [0, 0.1) is 0 Å². The molecule has 1 saturated heterocycles. The van der Waals surface area contributed by atoms with Crippen molar-refractivity contribution in [1.82, 2.24) is 9.80 Å². The lowest BCUT2D eigenvalue weighted by Crippen LogP contribution is -2.57. The molecule has 10 nitrogen and oxygen atoms in total. The minimum Gasteiger partial charge on any atom is -0.409 e. The SMILES string of the molecule is C=COS(=O)CCC(=O)N1CC(S(=O)OC=C)CN(C(=O)CCOS(=O)C=C)C1. The van der Waals surface area contributed by atoms with Crippen LogP contribution in [0.3, 0.4) is 0 Å². The minimum absolute atomic E-state index is 0.0288. The second kappa shape index (κ2) is 13.4. The predicted octanol–water partition coefficient (Wildman–Crippen LogP) is 0.235. The summed E-state index contributed by atoms with van der Waals surface area (Å²) in [6.07, 6.45) is 1.87. The van der Waals surface area contributed by atoms with Gasteiger partial charge >= 0.3 is 0 Å². The third-order valence-electron chi connectivity index (χ3n) is 3.64. The maximum Gasteiger partial charge on any atom is 0.226 e. The molecule has 1 aliphatic heterocycles. The number of rotatable bonds is 13. The summed E-state index contributed by atoms with van der Waals surface area (Å²) >= 11 is -5.19. The summed E-state index contributed by atoms with van der Waals surface area (Å²) in [5, 5.41) is 0.435. The summed E-state index contributed by atoms with van der Waals surface area (Å²) in [5.41, 5.74) is 0. The van der Waals surface area contributed by atoms with Gasteiger partial charge in [-0.15, -0.1) is 0 Å². The highest BCUT2D eigenvalue weighted by molar-refractivity contribution is 7.83. The molecule has 0 saturated carbocycles. The number of amides is 2. The van der Waals surface area contributed by atoms with Crippen LogP contribution in [0.15, 0.2) is 37.7 Å². The highest BCUT2D eigenvalue weighted by atomic mass is 32.2. The van der Waals surface area contributed by atoms with Crippen LogP contribution in [0.25, 0.3) is 0 Å². The lowest BCUT2D eigenvalue weighted by Gasteiger charge is -2.39. The minimum atomic E-state index is -1.81. The number of nitrogens with zero attached hydrogens (tertiary/aromatic N) is 2. The van der Waals surface area contributed by atoms with Crippen molar-refractivity contribution in [3.63, 3.8) is 0 Å². The summed E-state index contributed by atoms with van der Waals surface area (Å²) in [7, 11) is 0. The van der Waals surface area contributed by atoms with Crippen molar-refractivity contribution in [2.75, 3.05) is 32.1 Å². The van der Waals surface area contributed by atoms with E-state index in [1.807, 2.05) is 0 Å². The number of hydrogen-bond acceptors (Lipinski definition) is 8. The normalized spacial score (nSPS) is 19.5. The fourth-order valence-electron chi connectivity index (χ4n) is 2.37. The topological polar surface area (TPSA) is 120 Å². The van der Waals surface area contributed by atoms with Crippen molar-refractivity contribution in [3.05, 3.63) is 37.7 Å². The Morgan fingerprint density at radius 2 is 1.55 bits per heavy atom. The zero-order chi connectivity index (χ0) is 21.8. The summed E-state index contributed by atoms with van der Waals surface area (Å²) in [6.45, 7) is 10.0. The van der Waals surface area contributed by atoms with Crippen LogP contribution in [-0.4, -0.2) is 71.6 Å². The van der Waals surface area contributed by atoms with Gasteiger partial charge in [0.05, 0.1) is 38.0 Å². The van der Waals surface area contributed by atoms with Gasteiger partial charge in [-0.3, -0.25) is 13.8 Å². The van der Waals surface area contributed by atoms with Gasteiger partial charge in [-0.25, -0.2) is 12.6 Å². The molecule has 164 valence electrons. The first kappa shape index (κ1) is 25.2. The van der Waals surface area contributed by atoms with Crippen LogP contribution in [0.2, 0.25) is 0 Å². The predicted molar refractivity (Wildman–Crippen MR) is 109 cm³/mol. The maximum atomic E-state index is 12.5. The second-order valence-corrected chi connectivity index (χ2v) is 9.22. The van der Waals surface area contributed by atoms with E-state index in [4.69, 9.17) is 8.37 Å². The van der Waals surface area contributed by atoms with Crippen LogP contribution in [0.4, 0.5) is 0 Å². The standard InChI is InChI=1S/C16H24N2O8S3/c1-4-24-28(22)10-8-16(20)18-12-14(29(23)25-5-2)11-17(13-18)15(19)7-9-26-27(21)6-3/h4-6,14H,1-3,7-13H2. The van der Waals surface area contributed by atoms with Crippen molar-refractivity contribution in [2.45, 2.75) is 18.1 Å². The Morgan fingerprint density at radius 1 is 0.966 bits per heavy atom. The first-order valence-corrected chi connectivity index (χ1v) is 11.9. The Morgan fingerprint density at radius 3 is 2.10 bits per heavy atom. The van der Waals surface area contributed by atoms with E-state index in [-0.39, 0.29) is 56.8 Å². The Balaban J connectivity index is 2.77. The van der Waals surface area contributed by atoms with E-state index in [0.717, 1.165) is 17.9 Å². The van der Waals surface area contributed by atoms with Gasteiger partial charge in [-0.05, 0) is 0 Å². The Kier molecular flexibility index (Phi) is 11.7. The Bertz CT molecular complexity index is 700. The van der Waals surface area contributed by atoms with Crippen molar-refractivity contribution < 1.29 is 34.8 Å². The van der Waals surface area contributed by atoms with Gasteiger partial charge in [-0.2, -0.15) is 0 Å². The van der Waals surface area contributed by atoms with Gasteiger partial charge in [0.15, 0.2) is 11.1 Å². The second-order valence-electron chi connectivity index (χ2n) is 5.54. The van der Waals surface area contributed by atoms with Crippen molar-refractivity contribution in [1.29, 1.82) is 0 Å². The third kappa shape index (κ3) is 9.02. The fourth-order valence-corrected chi connectivity index (χ4v) is 4.20. The molecule has 0 spiro atoms. The summed E-state index contributed by atoms with van der Waals surface area (Å²) < 4.78 is 49.4. The molecule has 13 heteroatoms. The molecule has 1 fully saturated rings. The van der Waals surface area contributed by atoms with E-state index < -0.39 is 38.5 Å². The molecule has 1 rings (SSSR count).